The fraction of sp³-hybridized carbons (Fsp3) is 0.176. The van der Waals surface area contributed by atoms with E-state index in [9.17, 15) is 19.7 Å². The van der Waals surface area contributed by atoms with Crippen molar-refractivity contribution in [2.24, 2.45) is 0 Å². The van der Waals surface area contributed by atoms with Crippen LogP contribution in [-0.2, 0) is 0 Å². The first kappa shape index (κ1) is 17.1. The highest BCUT2D eigenvalue weighted by atomic mass is 16.6. The fourth-order valence-corrected chi connectivity index (χ4v) is 2.07. The normalized spacial score (nSPS) is 10.0. The Hall–Kier alpha value is -3.22. The van der Waals surface area contributed by atoms with Crippen molar-refractivity contribution in [1.29, 1.82) is 0 Å². The van der Waals surface area contributed by atoms with E-state index < -0.39 is 10.8 Å². The quantitative estimate of drug-likeness (QED) is 0.629. The SMILES string of the molecule is CCCNC(=O)c1ccc(NC(=O)c2ccccc2[N+](=O)[O-])cc1. The number of benzene rings is 2. The highest BCUT2D eigenvalue weighted by Crippen LogP contribution is 2.19. The van der Waals surface area contributed by atoms with Crippen LogP contribution in [0, 0.1) is 10.1 Å². The van der Waals surface area contributed by atoms with Gasteiger partial charge in [0.05, 0.1) is 4.92 Å². The average molecular weight is 327 g/mol. The van der Waals surface area contributed by atoms with Gasteiger partial charge in [0, 0.05) is 23.9 Å². The number of carbonyl (C=O) groups excluding carboxylic acids is 2. The van der Waals surface area contributed by atoms with Crippen molar-refractivity contribution >= 4 is 23.2 Å². The van der Waals surface area contributed by atoms with Gasteiger partial charge < -0.3 is 10.6 Å². The number of para-hydroxylation sites is 1. The van der Waals surface area contributed by atoms with E-state index in [1.54, 1.807) is 30.3 Å². The van der Waals surface area contributed by atoms with Gasteiger partial charge in [-0.15, -0.1) is 0 Å². The summed E-state index contributed by atoms with van der Waals surface area (Å²) in [5.74, 6) is -0.765. The van der Waals surface area contributed by atoms with Gasteiger partial charge in [0.15, 0.2) is 0 Å². The molecule has 2 aromatic carbocycles. The molecule has 2 amide bonds. The minimum absolute atomic E-state index is 0.0211. The Kier molecular flexibility index (Phi) is 5.62. The van der Waals surface area contributed by atoms with Crippen LogP contribution in [0.2, 0.25) is 0 Å². The van der Waals surface area contributed by atoms with Gasteiger partial charge in [-0.1, -0.05) is 19.1 Å². The first-order valence-corrected chi connectivity index (χ1v) is 7.46. The standard InChI is InChI=1S/C17H17N3O4/c1-2-11-18-16(21)12-7-9-13(10-8-12)19-17(22)14-5-3-4-6-15(14)20(23)24/h3-10H,2,11H2,1H3,(H,18,21)(H,19,22). The summed E-state index contributed by atoms with van der Waals surface area (Å²) in [7, 11) is 0. The second-order valence-electron chi connectivity index (χ2n) is 5.06. The maximum absolute atomic E-state index is 12.2. The van der Waals surface area contributed by atoms with E-state index in [0.717, 1.165) is 6.42 Å². The number of anilines is 1. The van der Waals surface area contributed by atoms with Crippen LogP contribution in [0.15, 0.2) is 48.5 Å². The maximum atomic E-state index is 12.2. The van der Waals surface area contributed by atoms with Crippen molar-refractivity contribution in [3.63, 3.8) is 0 Å². The number of nitrogens with one attached hydrogen (secondary N) is 2. The lowest BCUT2D eigenvalue weighted by Crippen LogP contribution is -2.23. The lowest BCUT2D eigenvalue weighted by atomic mass is 10.1. The molecule has 0 unspecified atom stereocenters. The van der Waals surface area contributed by atoms with Crippen molar-refractivity contribution in [3.05, 3.63) is 69.8 Å². The fourth-order valence-electron chi connectivity index (χ4n) is 2.07. The average Bonchev–Trinajstić information content (AvgIpc) is 2.60. The number of nitro groups is 1. The molecule has 7 heteroatoms. The third kappa shape index (κ3) is 4.16. The molecule has 0 bridgehead atoms. The molecular weight excluding hydrogens is 310 g/mol. The van der Waals surface area contributed by atoms with Gasteiger partial charge in [-0.3, -0.25) is 19.7 Å². The molecule has 0 saturated carbocycles. The van der Waals surface area contributed by atoms with Gasteiger partial charge in [-0.2, -0.15) is 0 Å². The molecule has 7 nitrogen and oxygen atoms in total. The highest BCUT2D eigenvalue weighted by Gasteiger charge is 2.19. The monoisotopic (exact) mass is 327 g/mol. The molecule has 0 spiro atoms. The first-order valence-electron chi connectivity index (χ1n) is 7.46. The minimum atomic E-state index is -0.601. The smallest absolute Gasteiger partial charge is 0.282 e. The summed E-state index contributed by atoms with van der Waals surface area (Å²) < 4.78 is 0. The molecule has 0 radical (unpaired) electrons. The molecular formula is C17H17N3O4. The van der Waals surface area contributed by atoms with Gasteiger partial charge in [-0.05, 0) is 36.8 Å². The van der Waals surface area contributed by atoms with E-state index in [1.807, 2.05) is 6.92 Å². The van der Waals surface area contributed by atoms with E-state index >= 15 is 0 Å². The number of hydrogen-bond donors (Lipinski definition) is 2. The molecule has 124 valence electrons. The Morgan fingerprint density at radius 3 is 2.33 bits per heavy atom. The molecule has 0 fully saturated rings. The molecule has 0 atom stereocenters. The number of carbonyl (C=O) groups is 2. The van der Waals surface area contributed by atoms with Crippen LogP contribution in [0.5, 0.6) is 0 Å². The molecule has 0 aliphatic carbocycles. The van der Waals surface area contributed by atoms with Crippen LogP contribution in [-0.4, -0.2) is 23.3 Å². The summed E-state index contributed by atoms with van der Waals surface area (Å²) in [5, 5.41) is 16.3. The van der Waals surface area contributed by atoms with Crippen molar-refractivity contribution in [2.45, 2.75) is 13.3 Å². The molecule has 0 heterocycles. The Morgan fingerprint density at radius 2 is 1.71 bits per heavy atom. The molecule has 2 aromatic rings. The number of nitro benzene ring substituents is 1. The zero-order chi connectivity index (χ0) is 17.5. The predicted octanol–water partition coefficient (Wildman–Crippen LogP) is 2.99. The lowest BCUT2D eigenvalue weighted by molar-refractivity contribution is -0.385. The molecule has 24 heavy (non-hydrogen) atoms. The zero-order valence-electron chi connectivity index (χ0n) is 13.1. The van der Waals surface area contributed by atoms with E-state index in [-0.39, 0.29) is 17.2 Å². The Balaban J connectivity index is 2.10. The molecule has 0 saturated heterocycles. The Bertz CT molecular complexity index is 757. The largest absolute Gasteiger partial charge is 0.352 e. The number of hydrogen-bond acceptors (Lipinski definition) is 4. The summed E-state index contributed by atoms with van der Waals surface area (Å²) in [5.41, 5.74) is 0.648. The third-order valence-electron chi connectivity index (χ3n) is 3.29. The summed E-state index contributed by atoms with van der Waals surface area (Å²) in [4.78, 5) is 34.4. The van der Waals surface area contributed by atoms with Crippen LogP contribution >= 0.6 is 0 Å². The van der Waals surface area contributed by atoms with Gasteiger partial charge in [0.1, 0.15) is 5.56 Å². The van der Waals surface area contributed by atoms with E-state index in [0.29, 0.717) is 17.8 Å². The second kappa shape index (κ2) is 7.87. The summed E-state index contributed by atoms with van der Waals surface area (Å²) in [6.07, 6.45) is 0.843. The summed E-state index contributed by atoms with van der Waals surface area (Å²) in [6.45, 7) is 2.55. The summed E-state index contributed by atoms with van der Waals surface area (Å²) in [6, 6.07) is 12.0. The first-order chi connectivity index (χ1) is 11.5. The number of amides is 2. The van der Waals surface area contributed by atoms with Crippen molar-refractivity contribution in [1.82, 2.24) is 5.32 Å². The number of nitrogens with zero attached hydrogens (tertiary/aromatic N) is 1. The number of rotatable bonds is 6. The highest BCUT2D eigenvalue weighted by molar-refractivity contribution is 6.07. The molecule has 0 aliphatic heterocycles. The van der Waals surface area contributed by atoms with Crippen LogP contribution in [0.25, 0.3) is 0 Å². The van der Waals surface area contributed by atoms with Crippen LogP contribution in [0.1, 0.15) is 34.1 Å². The maximum Gasteiger partial charge on any atom is 0.282 e. The second-order valence-corrected chi connectivity index (χ2v) is 5.06. The van der Waals surface area contributed by atoms with Crippen molar-refractivity contribution in [3.8, 4) is 0 Å². The van der Waals surface area contributed by atoms with Gasteiger partial charge in [0.2, 0.25) is 0 Å². The third-order valence-corrected chi connectivity index (χ3v) is 3.29. The lowest BCUT2D eigenvalue weighted by Gasteiger charge is -2.07. The van der Waals surface area contributed by atoms with E-state index in [2.05, 4.69) is 10.6 Å². The van der Waals surface area contributed by atoms with Gasteiger partial charge in [0.25, 0.3) is 17.5 Å². The Morgan fingerprint density at radius 1 is 1.04 bits per heavy atom. The van der Waals surface area contributed by atoms with Crippen LogP contribution in [0.3, 0.4) is 0 Å². The molecule has 2 rings (SSSR count). The summed E-state index contributed by atoms with van der Waals surface area (Å²) >= 11 is 0. The molecule has 0 aliphatic rings. The predicted molar refractivity (Wildman–Crippen MR) is 90.1 cm³/mol. The zero-order valence-corrected chi connectivity index (χ0v) is 13.1. The van der Waals surface area contributed by atoms with Crippen LogP contribution < -0.4 is 10.6 Å². The topological polar surface area (TPSA) is 101 Å². The van der Waals surface area contributed by atoms with Crippen molar-refractivity contribution in [2.75, 3.05) is 11.9 Å². The molecule has 0 aromatic heterocycles. The van der Waals surface area contributed by atoms with Crippen molar-refractivity contribution < 1.29 is 14.5 Å². The minimum Gasteiger partial charge on any atom is -0.352 e. The van der Waals surface area contributed by atoms with Gasteiger partial charge in [-0.25, -0.2) is 0 Å². The van der Waals surface area contributed by atoms with E-state index in [4.69, 9.17) is 0 Å². The molecule has 2 N–H and O–H groups in total. The van der Waals surface area contributed by atoms with Gasteiger partial charge >= 0.3 is 0 Å². The van der Waals surface area contributed by atoms with E-state index in [1.165, 1.54) is 18.2 Å². The Labute approximate surface area is 138 Å². The van der Waals surface area contributed by atoms with Crippen LogP contribution in [0.4, 0.5) is 11.4 Å².